The highest BCUT2D eigenvalue weighted by molar-refractivity contribution is 5.91. The van der Waals surface area contributed by atoms with Crippen LogP contribution in [0.1, 0.15) is 18.4 Å². The molecule has 0 spiro atoms. The second kappa shape index (κ2) is 7.11. The lowest BCUT2D eigenvalue weighted by atomic mass is 9.91. The summed E-state index contributed by atoms with van der Waals surface area (Å²) in [5, 5.41) is 10.0. The highest BCUT2D eigenvalue weighted by Gasteiger charge is 2.48. The van der Waals surface area contributed by atoms with Gasteiger partial charge in [0, 0.05) is 18.3 Å². The average Bonchev–Trinajstić information content (AvgIpc) is 3.05. The molecule has 8 heteroatoms. The SMILES string of the molecule is O=C(/C=C/[C@@H]1[C@H]2CC(=O)O[C@H]2C[C@H]1O)COc1cccc(C(F)(F)F)c1. The summed E-state index contributed by atoms with van der Waals surface area (Å²) in [5.41, 5.74) is -0.857. The van der Waals surface area contributed by atoms with Crippen molar-refractivity contribution in [2.24, 2.45) is 11.8 Å². The van der Waals surface area contributed by atoms with Crippen LogP contribution in [0.4, 0.5) is 13.2 Å². The van der Waals surface area contributed by atoms with Crippen molar-refractivity contribution in [1.82, 2.24) is 0 Å². The molecule has 26 heavy (non-hydrogen) atoms. The summed E-state index contributed by atoms with van der Waals surface area (Å²) in [5.74, 6) is -1.36. The number of benzene rings is 1. The Morgan fingerprint density at radius 1 is 1.38 bits per heavy atom. The first-order valence-corrected chi connectivity index (χ1v) is 8.12. The Kier molecular flexibility index (Phi) is 5.04. The van der Waals surface area contributed by atoms with Crippen LogP contribution < -0.4 is 4.74 Å². The highest BCUT2D eigenvalue weighted by Crippen LogP contribution is 2.42. The minimum atomic E-state index is -4.49. The summed E-state index contributed by atoms with van der Waals surface area (Å²) >= 11 is 0. The topological polar surface area (TPSA) is 72.8 Å². The first kappa shape index (κ1) is 18.4. The van der Waals surface area contributed by atoms with Crippen LogP contribution in [0.15, 0.2) is 36.4 Å². The quantitative estimate of drug-likeness (QED) is 0.637. The van der Waals surface area contributed by atoms with Gasteiger partial charge in [-0.25, -0.2) is 0 Å². The molecule has 4 atom stereocenters. The monoisotopic (exact) mass is 370 g/mol. The smallest absolute Gasteiger partial charge is 0.416 e. The summed E-state index contributed by atoms with van der Waals surface area (Å²) < 4.78 is 48.1. The number of ketones is 1. The number of carbonyl (C=O) groups is 2. The molecule has 2 fully saturated rings. The Balaban J connectivity index is 1.56. The number of carbonyl (C=O) groups excluding carboxylic acids is 2. The first-order valence-electron chi connectivity index (χ1n) is 8.12. The van der Waals surface area contributed by atoms with Crippen LogP contribution in [0.5, 0.6) is 5.75 Å². The third-order valence-corrected chi connectivity index (χ3v) is 4.62. The maximum atomic E-state index is 12.6. The molecule has 5 nitrogen and oxygen atoms in total. The Morgan fingerprint density at radius 2 is 2.15 bits per heavy atom. The average molecular weight is 370 g/mol. The van der Waals surface area contributed by atoms with Gasteiger partial charge in [0.1, 0.15) is 11.9 Å². The largest absolute Gasteiger partial charge is 0.485 e. The molecule has 0 bridgehead atoms. The van der Waals surface area contributed by atoms with Gasteiger partial charge in [0.05, 0.1) is 18.1 Å². The molecule has 1 aromatic rings. The molecule has 1 aliphatic heterocycles. The normalized spacial score (nSPS) is 28.2. The lowest BCUT2D eigenvalue weighted by Gasteiger charge is -2.14. The fraction of sp³-hybridized carbons (Fsp3) is 0.444. The van der Waals surface area contributed by atoms with Crippen molar-refractivity contribution in [2.45, 2.75) is 31.2 Å². The van der Waals surface area contributed by atoms with Crippen molar-refractivity contribution < 1.29 is 37.3 Å². The van der Waals surface area contributed by atoms with Gasteiger partial charge in [-0.05, 0) is 24.3 Å². The van der Waals surface area contributed by atoms with Crippen LogP contribution in [0.25, 0.3) is 0 Å². The minimum absolute atomic E-state index is 0.0580. The molecule has 0 radical (unpaired) electrons. The standard InChI is InChI=1S/C18H17F3O5/c19-18(20,21)10-2-1-3-12(6-10)25-9-11(22)4-5-13-14-7-17(24)26-16(14)8-15(13)23/h1-6,13-16,23H,7-9H2/b5-4+/t13-,14-,15-,16+/m1/s1. The molecule has 1 aromatic carbocycles. The molecule has 0 unspecified atom stereocenters. The summed E-state index contributed by atoms with van der Waals surface area (Å²) in [6, 6.07) is 4.27. The van der Waals surface area contributed by atoms with E-state index in [0.717, 1.165) is 12.1 Å². The van der Waals surface area contributed by atoms with E-state index in [9.17, 15) is 27.9 Å². The van der Waals surface area contributed by atoms with Crippen molar-refractivity contribution in [3.63, 3.8) is 0 Å². The van der Waals surface area contributed by atoms with Crippen molar-refractivity contribution in [3.05, 3.63) is 42.0 Å². The second-order valence-corrected chi connectivity index (χ2v) is 6.42. The molecule has 1 aliphatic carbocycles. The third kappa shape index (κ3) is 4.07. The van der Waals surface area contributed by atoms with Gasteiger partial charge in [0.25, 0.3) is 0 Å². The van der Waals surface area contributed by atoms with Crippen LogP contribution in [0, 0.1) is 11.8 Å². The number of rotatable bonds is 5. The number of aliphatic hydroxyl groups is 1. The highest BCUT2D eigenvalue weighted by atomic mass is 19.4. The number of ether oxygens (including phenoxy) is 2. The summed E-state index contributed by atoms with van der Waals surface area (Å²) in [7, 11) is 0. The summed E-state index contributed by atoms with van der Waals surface area (Å²) in [6.07, 6.45) is -2.23. The van der Waals surface area contributed by atoms with E-state index < -0.39 is 30.2 Å². The number of halogens is 3. The molecule has 0 amide bonds. The molecule has 1 saturated heterocycles. The van der Waals surface area contributed by atoms with E-state index in [1.54, 1.807) is 0 Å². The number of hydrogen-bond donors (Lipinski definition) is 1. The van der Waals surface area contributed by atoms with E-state index in [0.29, 0.717) is 6.42 Å². The van der Waals surface area contributed by atoms with Gasteiger partial charge in [-0.1, -0.05) is 12.1 Å². The molecule has 1 heterocycles. The molecule has 1 saturated carbocycles. The predicted octanol–water partition coefficient (Wildman–Crippen LogP) is 2.52. The van der Waals surface area contributed by atoms with E-state index in [1.165, 1.54) is 24.3 Å². The van der Waals surface area contributed by atoms with E-state index in [2.05, 4.69) is 0 Å². The van der Waals surface area contributed by atoms with E-state index >= 15 is 0 Å². The summed E-state index contributed by atoms with van der Waals surface area (Å²) in [4.78, 5) is 23.2. The van der Waals surface area contributed by atoms with Crippen LogP contribution in [-0.4, -0.2) is 35.7 Å². The van der Waals surface area contributed by atoms with E-state index in [-0.39, 0.29) is 36.1 Å². The fourth-order valence-corrected chi connectivity index (χ4v) is 3.37. The van der Waals surface area contributed by atoms with Gasteiger partial charge in [-0.3, -0.25) is 9.59 Å². The maximum absolute atomic E-state index is 12.6. The van der Waals surface area contributed by atoms with Crippen molar-refractivity contribution in [3.8, 4) is 5.75 Å². The van der Waals surface area contributed by atoms with E-state index in [4.69, 9.17) is 9.47 Å². The zero-order valence-corrected chi connectivity index (χ0v) is 13.6. The zero-order chi connectivity index (χ0) is 18.9. The maximum Gasteiger partial charge on any atom is 0.416 e. The lowest BCUT2D eigenvalue weighted by Crippen LogP contribution is -2.18. The van der Waals surface area contributed by atoms with Crippen LogP contribution in [0.2, 0.25) is 0 Å². The number of alkyl halides is 3. The Labute approximate surface area is 147 Å². The number of aliphatic hydroxyl groups excluding tert-OH is 1. The van der Waals surface area contributed by atoms with Gasteiger partial charge in [-0.2, -0.15) is 13.2 Å². The molecule has 140 valence electrons. The van der Waals surface area contributed by atoms with Crippen LogP contribution >= 0.6 is 0 Å². The molecule has 0 aromatic heterocycles. The van der Waals surface area contributed by atoms with E-state index in [1.807, 2.05) is 0 Å². The van der Waals surface area contributed by atoms with Crippen molar-refractivity contribution in [1.29, 1.82) is 0 Å². The van der Waals surface area contributed by atoms with Gasteiger partial charge in [0.2, 0.25) is 0 Å². The Bertz CT molecular complexity index is 728. The first-order chi connectivity index (χ1) is 12.2. The van der Waals surface area contributed by atoms with Gasteiger partial charge >= 0.3 is 12.1 Å². The molecular weight excluding hydrogens is 353 g/mol. The minimum Gasteiger partial charge on any atom is -0.485 e. The molecular formula is C18H17F3O5. The summed E-state index contributed by atoms with van der Waals surface area (Å²) in [6.45, 7) is -0.426. The number of fused-ring (bicyclic) bond motifs is 1. The number of esters is 1. The van der Waals surface area contributed by atoms with Crippen molar-refractivity contribution in [2.75, 3.05) is 6.61 Å². The van der Waals surface area contributed by atoms with Gasteiger partial charge < -0.3 is 14.6 Å². The fourth-order valence-electron chi connectivity index (χ4n) is 3.37. The van der Waals surface area contributed by atoms with Gasteiger partial charge in [-0.15, -0.1) is 0 Å². The number of hydrogen-bond acceptors (Lipinski definition) is 5. The second-order valence-electron chi connectivity index (χ2n) is 6.42. The molecule has 2 aliphatic rings. The molecule has 3 rings (SSSR count). The Morgan fingerprint density at radius 3 is 2.88 bits per heavy atom. The van der Waals surface area contributed by atoms with Crippen LogP contribution in [-0.2, 0) is 20.5 Å². The lowest BCUT2D eigenvalue weighted by molar-refractivity contribution is -0.142. The van der Waals surface area contributed by atoms with Gasteiger partial charge in [0.15, 0.2) is 12.4 Å². The van der Waals surface area contributed by atoms with Crippen LogP contribution in [0.3, 0.4) is 0 Å². The predicted molar refractivity (Wildman–Crippen MR) is 83.2 cm³/mol. The third-order valence-electron chi connectivity index (χ3n) is 4.62. The Hall–Kier alpha value is -2.35. The zero-order valence-electron chi connectivity index (χ0n) is 13.6. The molecule has 1 N–H and O–H groups in total. The van der Waals surface area contributed by atoms with Crippen molar-refractivity contribution >= 4 is 11.8 Å².